The van der Waals surface area contributed by atoms with E-state index in [1.165, 1.54) is 28.5 Å². The fourth-order valence-corrected chi connectivity index (χ4v) is 3.03. The Kier molecular flexibility index (Phi) is 3.36. The van der Waals surface area contributed by atoms with Crippen molar-refractivity contribution in [3.8, 4) is 11.1 Å². The lowest BCUT2D eigenvalue weighted by Gasteiger charge is -2.08. The molecule has 4 heteroatoms. The SMILES string of the molecule is O=C(Nc1ccc2c(c1)-c1ccccc1C2)c1ccc(Cl)nc1. The first-order chi connectivity index (χ1) is 11.2. The van der Waals surface area contributed by atoms with Crippen LogP contribution in [0.25, 0.3) is 11.1 Å². The molecule has 1 heterocycles. The van der Waals surface area contributed by atoms with Crippen LogP contribution in [0.5, 0.6) is 0 Å². The standard InChI is InChI=1S/C19H13ClN2O/c20-18-8-6-14(11-21-18)19(23)22-15-7-5-13-9-12-3-1-2-4-16(12)17(13)10-15/h1-8,10-11H,9H2,(H,22,23). The Morgan fingerprint density at radius 1 is 1.00 bits per heavy atom. The molecule has 0 aliphatic heterocycles. The number of halogens is 1. The smallest absolute Gasteiger partial charge is 0.257 e. The second-order valence-corrected chi connectivity index (χ2v) is 5.92. The van der Waals surface area contributed by atoms with Crippen LogP contribution in [0.15, 0.2) is 60.8 Å². The van der Waals surface area contributed by atoms with E-state index < -0.39 is 0 Å². The van der Waals surface area contributed by atoms with Gasteiger partial charge in [0.25, 0.3) is 5.91 Å². The number of hydrogen-bond donors (Lipinski definition) is 1. The van der Waals surface area contributed by atoms with Crippen LogP contribution in [-0.4, -0.2) is 10.9 Å². The predicted octanol–water partition coefficient (Wildman–Crippen LogP) is 4.56. The monoisotopic (exact) mass is 320 g/mol. The second kappa shape index (κ2) is 5.52. The molecule has 23 heavy (non-hydrogen) atoms. The van der Waals surface area contributed by atoms with E-state index in [0.29, 0.717) is 10.7 Å². The quantitative estimate of drug-likeness (QED) is 0.550. The number of nitrogens with zero attached hydrogens (tertiary/aromatic N) is 1. The van der Waals surface area contributed by atoms with Crippen LogP contribution >= 0.6 is 11.6 Å². The molecule has 2 aromatic carbocycles. The average molecular weight is 321 g/mol. The molecule has 112 valence electrons. The van der Waals surface area contributed by atoms with Gasteiger partial charge in [-0.05, 0) is 52.9 Å². The molecule has 1 amide bonds. The maximum absolute atomic E-state index is 12.3. The molecule has 0 spiro atoms. The molecule has 0 saturated carbocycles. The summed E-state index contributed by atoms with van der Waals surface area (Å²) >= 11 is 5.75. The molecule has 3 nitrogen and oxygen atoms in total. The van der Waals surface area contributed by atoms with Crippen LogP contribution < -0.4 is 5.32 Å². The highest BCUT2D eigenvalue weighted by molar-refractivity contribution is 6.29. The third kappa shape index (κ3) is 2.60. The molecule has 4 rings (SSSR count). The zero-order valence-corrected chi connectivity index (χ0v) is 13.0. The zero-order valence-electron chi connectivity index (χ0n) is 12.2. The molecular weight excluding hydrogens is 308 g/mol. The lowest BCUT2D eigenvalue weighted by Crippen LogP contribution is -2.12. The number of benzene rings is 2. The summed E-state index contributed by atoms with van der Waals surface area (Å²) in [5, 5.41) is 3.29. The van der Waals surface area contributed by atoms with E-state index in [4.69, 9.17) is 11.6 Å². The summed E-state index contributed by atoms with van der Waals surface area (Å²) in [7, 11) is 0. The van der Waals surface area contributed by atoms with Gasteiger partial charge in [0.05, 0.1) is 5.56 Å². The van der Waals surface area contributed by atoms with Gasteiger partial charge in [-0.25, -0.2) is 4.98 Å². The number of nitrogens with one attached hydrogen (secondary N) is 1. The van der Waals surface area contributed by atoms with Crippen molar-refractivity contribution in [2.75, 3.05) is 5.32 Å². The van der Waals surface area contributed by atoms with Gasteiger partial charge in [-0.2, -0.15) is 0 Å². The Morgan fingerprint density at radius 3 is 2.65 bits per heavy atom. The fourth-order valence-electron chi connectivity index (χ4n) is 2.91. The normalized spacial score (nSPS) is 11.7. The lowest BCUT2D eigenvalue weighted by molar-refractivity contribution is 0.102. The summed E-state index contributed by atoms with van der Waals surface area (Å²) in [5.41, 5.74) is 6.31. The van der Waals surface area contributed by atoms with Crippen molar-refractivity contribution in [1.82, 2.24) is 4.98 Å². The van der Waals surface area contributed by atoms with Gasteiger partial charge in [0.15, 0.2) is 0 Å². The van der Waals surface area contributed by atoms with Crippen LogP contribution in [0.4, 0.5) is 5.69 Å². The lowest BCUT2D eigenvalue weighted by atomic mass is 10.1. The first-order valence-electron chi connectivity index (χ1n) is 7.35. The first-order valence-corrected chi connectivity index (χ1v) is 7.72. The Hall–Kier alpha value is -2.65. The van der Waals surface area contributed by atoms with Gasteiger partial charge in [0.1, 0.15) is 5.15 Å². The van der Waals surface area contributed by atoms with Crippen molar-refractivity contribution in [1.29, 1.82) is 0 Å². The molecule has 0 radical (unpaired) electrons. The Morgan fingerprint density at radius 2 is 1.83 bits per heavy atom. The highest BCUT2D eigenvalue weighted by atomic mass is 35.5. The highest BCUT2D eigenvalue weighted by Gasteiger charge is 2.18. The predicted molar refractivity (Wildman–Crippen MR) is 91.9 cm³/mol. The minimum atomic E-state index is -0.194. The Bertz CT molecular complexity index is 903. The topological polar surface area (TPSA) is 42.0 Å². The number of fused-ring (bicyclic) bond motifs is 3. The maximum Gasteiger partial charge on any atom is 0.257 e. The number of carbonyl (C=O) groups excluding carboxylic acids is 1. The van der Waals surface area contributed by atoms with E-state index in [2.05, 4.69) is 34.6 Å². The van der Waals surface area contributed by atoms with Gasteiger partial charge < -0.3 is 5.32 Å². The molecule has 0 saturated heterocycles. The van der Waals surface area contributed by atoms with Crippen LogP contribution in [-0.2, 0) is 6.42 Å². The number of anilines is 1. The van der Waals surface area contributed by atoms with Gasteiger partial charge >= 0.3 is 0 Å². The minimum Gasteiger partial charge on any atom is -0.322 e. The minimum absolute atomic E-state index is 0.194. The third-order valence-corrected chi connectivity index (χ3v) is 4.27. The first kappa shape index (κ1) is 14.0. The largest absolute Gasteiger partial charge is 0.322 e. The van der Waals surface area contributed by atoms with Crippen LogP contribution in [0.3, 0.4) is 0 Å². The number of aromatic nitrogens is 1. The third-order valence-electron chi connectivity index (χ3n) is 4.05. The summed E-state index contributed by atoms with van der Waals surface area (Å²) in [4.78, 5) is 16.2. The summed E-state index contributed by atoms with van der Waals surface area (Å²) in [6.07, 6.45) is 2.42. The van der Waals surface area contributed by atoms with Gasteiger partial charge in [0.2, 0.25) is 0 Å². The van der Waals surface area contributed by atoms with Crippen LogP contribution in [0.1, 0.15) is 21.5 Å². The van der Waals surface area contributed by atoms with Gasteiger partial charge in [-0.15, -0.1) is 0 Å². The van der Waals surface area contributed by atoms with E-state index in [1.54, 1.807) is 12.1 Å². The Balaban J connectivity index is 1.62. The summed E-state index contributed by atoms with van der Waals surface area (Å²) in [6, 6.07) is 17.7. The fraction of sp³-hybridized carbons (Fsp3) is 0.0526. The van der Waals surface area contributed by atoms with Crippen molar-refractivity contribution in [3.63, 3.8) is 0 Å². The van der Waals surface area contributed by atoms with Gasteiger partial charge in [-0.1, -0.05) is 41.9 Å². The average Bonchev–Trinajstić information content (AvgIpc) is 2.93. The van der Waals surface area contributed by atoms with E-state index >= 15 is 0 Å². The summed E-state index contributed by atoms with van der Waals surface area (Å²) < 4.78 is 0. The summed E-state index contributed by atoms with van der Waals surface area (Å²) in [6.45, 7) is 0. The van der Waals surface area contributed by atoms with Crippen molar-refractivity contribution >= 4 is 23.2 Å². The van der Waals surface area contributed by atoms with Gasteiger partial charge in [-0.3, -0.25) is 4.79 Å². The maximum atomic E-state index is 12.3. The van der Waals surface area contributed by atoms with Gasteiger partial charge in [0, 0.05) is 11.9 Å². The molecule has 1 N–H and O–H groups in total. The van der Waals surface area contributed by atoms with E-state index in [0.717, 1.165) is 12.1 Å². The van der Waals surface area contributed by atoms with Crippen molar-refractivity contribution < 1.29 is 4.79 Å². The second-order valence-electron chi connectivity index (χ2n) is 5.53. The molecule has 0 atom stereocenters. The number of carbonyl (C=O) groups is 1. The van der Waals surface area contributed by atoms with Crippen LogP contribution in [0, 0.1) is 0 Å². The molecule has 0 bridgehead atoms. The Labute approximate surface area is 139 Å². The highest BCUT2D eigenvalue weighted by Crippen LogP contribution is 2.37. The molecule has 1 aliphatic rings. The summed E-state index contributed by atoms with van der Waals surface area (Å²) in [5.74, 6) is -0.194. The zero-order chi connectivity index (χ0) is 15.8. The molecule has 1 aliphatic carbocycles. The van der Waals surface area contributed by atoms with E-state index in [9.17, 15) is 4.79 Å². The van der Waals surface area contributed by atoms with E-state index in [-0.39, 0.29) is 5.91 Å². The number of hydrogen-bond acceptors (Lipinski definition) is 2. The van der Waals surface area contributed by atoms with Crippen molar-refractivity contribution in [3.05, 3.63) is 82.6 Å². The molecular formula is C19H13ClN2O. The molecule has 0 fully saturated rings. The van der Waals surface area contributed by atoms with E-state index in [1.807, 2.05) is 18.2 Å². The number of pyridine rings is 1. The van der Waals surface area contributed by atoms with Crippen LogP contribution in [0.2, 0.25) is 5.15 Å². The molecule has 1 aromatic heterocycles. The molecule has 3 aromatic rings. The van der Waals surface area contributed by atoms with Crippen molar-refractivity contribution in [2.24, 2.45) is 0 Å². The number of rotatable bonds is 2. The van der Waals surface area contributed by atoms with Crippen molar-refractivity contribution in [2.45, 2.75) is 6.42 Å². The number of amides is 1. The molecule has 0 unspecified atom stereocenters.